The lowest BCUT2D eigenvalue weighted by Gasteiger charge is -2.27. The van der Waals surface area contributed by atoms with E-state index in [1.807, 2.05) is 49.5 Å². The predicted octanol–water partition coefficient (Wildman–Crippen LogP) is 0.472. The summed E-state index contributed by atoms with van der Waals surface area (Å²) in [7, 11) is 1.54. The Balaban J connectivity index is 1.61. The molecule has 0 unspecified atom stereocenters. The minimum atomic E-state index is -1.28. The molecule has 9 heteroatoms. The zero-order valence-electron chi connectivity index (χ0n) is 20.0. The third-order valence-corrected chi connectivity index (χ3v) is 7.66. The fourth-order valence-electron chi connectivity index (χ4n) is 6.21. The number of fused-ring (bicyclic) bond motifs is 4. The van der Waals surface area contributed by atoms with Gasteiger partial charge in [0.2, 0.25) is 23.3 Å². The monoisotopic (exact) mass is 477 g/mol. The number of anilines is 1. The Bertz CT molecular complexity index is 1270. The lowest BCUT2D eigenvalue weighted by molar-refractivity contribution is -0.734. The van der Waals surface area contributed by atoms with E-state index in [0.717, 1.165) is 16.7 Å². The topological polar surface area (TPSA) is 135 Å². The molecule has 1 spiro atoms. The van der Waals surface area contributed by atoms with Gasteiger partial charge in [-0.1, -0.05) is 29.8 Å². The van der Waals surface area contributed by atoms with Crippen LogP contribution in [-0.4, -0.2) is 41.7 Å². The summed E-state index contributed by atoms with van der Waals surface area (Å²) in [6, 6.07) is 10.7. The van der Waals surface area contributed by atoms with Crippen LogP contribution < -0.4 is 21.1 Å². The highest BCUT2D eigenvalue weighted by atomic mass is 16.5. The zero-order chi connectivity index (χ0) is 25.1. The van der Waals surface area contributed by atoms with Crippen molar-refractivity contribution in [3.8, 4) is 5.75 Å². The maximum atomic E-state index is 13.9. The van der Waals surface area contributed by atoms with Crippen molar-refractivity contribution in [3.63, 3.8) is 0 Å². The van der Waals surface area contributed by atoms with E-state index in [1.165, 1.54) is 12.0 Å². The number of carbonyl (C=O) groups is 4. The molecule has 0 saturated carbocycles. The average molecular weight is 478 g/mol. The Labute approximate surface area is 203 Å². The highest BCUT2D eigenvalue weighted by Gasteiger charge is 2.74. The minimum absolute atomic E-state index is 0.0502. The lowest BCUT2D eigenvalue weighted by Crippen LogP contribution is -2.99. The van der Waals surface area contributed by atoms with Crippen LogP contribution in [0, 0.1) is 25.7 Å². The van der Waals surface area contributed by atoms with Crippen molar-refractivity contribution in [2.24, 2.45) is 17.6 Å². The fourth-order valence-corrected chi connectivity index (χ4v) is 6.21. The number of benzene rings is 2. The molecule has 2 aromatic rings. The van der Waals surface area contributed by atoms with E-state index in [-0.39, 0.29) is 30.7 Å². The van der Waals surface area contributed by atoms with Gasteiger partial charge < -0.3 is 21.1 Å². The number of hydrogen-bond donors (Lipinski definition) is 3. The number of ether oxygens (including phenoxy) is 1. The normalized spacial score (nSPS) is 26.8. The van der Waals surface area contributed by atoms with Crippen LogP contribution in [0.2, 0.25) is 0 Å². The number of imide groups is 1. The molecule has 3 aliphatic heterocycles. The number of methoxy groups -OCH3 is 1. The van der Waals surface area contributed by atoms with Gasteiger partial charge in [-0.25, -0.2) is 0 Å². The Hall–Kier alpha value is -3.72. The highest BCUT2D eigenvalue weighted by Crippen LogP contribution is 2.50. The molecule has 3 heterocycles. The van der Waals surface area contributed by atoms with Crippen LogP contribution in [0.1, 0.15) is 35.1 Å². The van der Waals surface area contributed by atoms with Crippen LogP contribution >= 0.6 is 0 Å². The first kappa shape index (κ1) is 23.0. The second kappa shape index (κ2) is 8.20. The summed E-state index contributed by atoms with van der Waals surface area (Å²) in [5.41, 5.74) is 8.11. The van der Waals surface area contributed by atoms with Crippen LogP contribution in [0.4, 0.5) is 5.69 Å². The van der Waals surface area contributed by atoms with E-state index < -0.39 is 29.3 Å². The largest absolute Gasteiger partial charge is 0.496 e. The second-order valence-corrected chi connectivity index (χ2v) is 9.74. The molecule has 0 radical (unpaired) electrons. The summed E-state index contributed by atoms with van der Waals surface area (Å²) in [5.74, 6) is -2.56. The van der Waals surface area contributed by atoms with Crippen molar-refractivity contribution in [3.05, 3.63) is 58.7 Å². The maximum absolute atomic E-state index is 13.9. The molecule has 9 nitrogen and oxygen atoms in total. The summed E-state index contributed by atoms with van der Waals surface area (Å²) in [5, 5.41) is 4.81. The van der Waals surface area contributed by atoms with E-state index in [2.05, 4.69) is 5.32 Å². The van der Waals surface area contributed by atoms with Gasteiger partial charge in [0.15, 0.2) is 0 Å². The molecule has 0 bridgehead atoms. The number of carbonyl (C=O) groups excluding carboxylic acids is 4. The molecule has 5 N–H and O–H groups in total. The molecule has 2 aromatic carbocycles. The first-order chi connectivity index (χ1) is 16.7. The zero-order valence-corrected chi connectivity index (χ0v) is 20.0. The summed E-state index contributed by atoms with van der Waals surface area (Å²) < 4.78 is 5.42. The van der Waals surface area contributed by atoms with E-state index in [4.69, 9.17) is 10.5 Å². The number of amides is 4. The molecule has 0 aromatic heterocycles. The Kier molecular flexibility index (Phi) is 5.40. The molecule has 0 aliphatic carbocycles. The van der Waals surface area contributed by atoms with Crippen molar-refractivity contribution in [2.75, 3.05) is 12.4 Å². The van der Waals surface area contributed by atoms with E-state index in [9.17, 15) is 19.2 Å². The van der Waals surface area contributed by atoms with Gasteiger partial charge in [0, 0.05) is 24.0 Å². The Morgan fingerprint density at radius 2 is 1.91 bits per heavy atom. The van der Waals surface area contributed by atoms with E-state index >= 15 is 0 Å². The fraction of sp³-hybridized carbons (Fsp3) is 0.385. The standard InChI is InChI=1S/C26H28N4O5/c1-13-10-14(2)22-16(11-13)26(25(34)28-22)21-20(17(29-26)8-9-19(27)31)23(32)30(24(21)33)12-15-6-4-5-7-18(15)35-3/h4-7,10-11,17,20-21,29H,8-9,12H2,1-3H3,(H2,27,31)(H,28,34)/p+1/t17-,20-,21+,26+/m1/s1. The van der Waals surface area contributed by atoms with Gasteiger partial charge in [0.25, 0.3) is 5.91 Å². The quantitative estimate of drug-likeness (QED) is 0.520. The third-order valence-electron chi connectivity index (χ3n) is 7.66. The summed E-state index contributed by atoms with van der Waals surface area (Å²) in [6.07, 6.45) is 0.364. The predicted molar refractivity (Wildman–Crippen MR) is 126 cm³/mol. The van der Waals surface area contributed by atoms with Crippen LogP contribution in [0.25, 0.3) is 0 Å². The first-order valence-corrected chi connectivity index (χ1v) is 11.7. The number of quaternary nitrogens is 1. The molecule has 2 saturated heterocycles. The van der Waals surface area contributed by atoms with Crippen LogP contribution in [0.3, 0.4) is 0 Å². The van der Waals surface area contributed by atoms with Gasteiger partial charge in [-0.3, -0.25) is 24.1 Å². The molecule has 4 amide bonds. The van der Waals surface area contributed by atoms with Gasteiger partial charge in [-0.2, -0.15) is 0 Å². The number of hydrogen-bond acceptors (Lipinski definition) is 5. The minimum Gasteiger partial charge on any atom is -0.496 e. The maximum Gasteiger partial charge on any atom is 0.291 e. The van der Waals surface area contributed by atoms with Crippen molar-refractivity contribution in [2.45, 2.75) is 44.8 Å². The number of para-hydroxylation sites is 1. The summed E-state index contributed by atoms with van der Waals surface area (Å²) in [6.45, 7) is 3.91. The summed E-state index contributed by atoms with van der Waals surface area (Å²) >= 11 is 0. The SMILES string of the molecule is COc1ccccc1CN1C(=O)[C@H]2[C@@H](C1=O)[C@]1([NH2+][C@@H]2CCC(N)=O)C(=O)Nc2c(C)cc(C)cc21. The Morgan fingerprint density at radius 1 is 1.17 bits per heavy atom. The van der Waals surface area contributed by atoms with Gasteiger partial charge in [-0.15, -0.1) is 0 Å². The smallest absolute Gasteiger partial charge is 0.291 e. The van der Waals surface area contributed by atoms with E-state index in [1.54, 1.807) is 6.07 Å². The van der Waals surface area contributed by atoms with Crippen molar-refractivity contribution < 1.29 is 29.2 Å². The molecule has 182 valence electrons. The van der Waals surface area contributed by atoms with Gasteiger partial charge in [-0.05, 0) is 31.5 Å². The van der Waals surface area contributed by atoms with Gasteiger partial charge in [0.05, 0.1) is 19.3 Å². The molecule has 3 aliphatic rings. The molecule has 4 atom stereocenters. The number of rotatable bonds is 6. The molecule has 35 heavy (non-hydrogen) atoms. The first-order valence-electron chi connectivity index (χ1n) is 11.7. The number of nitrogens with zero attached hydrogens (tertiary/aromatic N) is 1. The van der Waals surface area contributed by atoms with Crippen molar-refractivity contribution in [1.82, 2.24) is 4.90 Å². The van der Waals surface area contributed by atoms with Crippen molar-refractivity contribution >= 4 is 29.3 Å². The molecule has 5 rings (SSSR count). The number of likely N-dealkylation sites (tertiary alicyclic amines) is 1. The molecule has 2 fully saturated rings. The second-order valence-electron chi connectivity index (χ2n) is 9.74. The van der Waals surface area contributed by atoms with Crippen LogP contribution in [0.15, 0.2) is 36.4 Å². The highest BCUT2D eigenvalue weighted by molar-refractivity contribution is 6.14. The third kappa shape index (κ3) is 3.33. The van der Waals surface area contributed by atoms with Gasteiger partial charge >= 0.3 is 0 Å². The summed E-state index contributed by atoms with van der Waals surface area (Å²) in [4.78, 5) is 54.1. The van der Waals surface area contributed by atoms with Crippen LogP contribution in [-0.2, 0) is 31.3 Å². The van der Waals surface area contributed by atoms with Crippen molar-refractivity contribution in [1.29, 1.82) is 0 Å². The van der Waals surface area contributed by atoms with Crippen LogP contribution in [0.5, 0.6) is 5.75 Å². The van der Waals surface area contributed by atoms with E-state index in [0.29, 0.717) is 23.4 Å². The number of nitrogens with two attached hydrogens (primary N) is 2. The average Bonchev–Trinajstić information content (AvgIpc) is 3.39. The number of primary amides is 1. The lowest BCUT2D eigenvalue weighted by atomic mass is 9.75. The number of aryl methyl sites for hydroxylation is 2. The van der Waals surface area contributed by atoms with Gasteiger partial charge in [0.1, 0.15) is 23.6 Å². The number of nitrogens with one attached hydrogen (secondary N) is 1. The molecular formula is C26H29N4O5+. The molecular weight excluding hydrogens is 448 g/mol. The Morgan fingerprint density at radius 3 is 2.63 bits per heavy atom.